The quantitative estimate of drug-likeness (QED) is 0.524. The Kier molecular flexibility index (Phi) is 6.57. The van der Waals surface area contributed by atoms with Crippen molar-refractivity contribution in [2.24, 2.45) is 11.7 Å². The van der Waals surface area contributed by atoms with Crippen molar-refractivity contribution in [1.82, 2.24) is 0 Å². The van der Waals surface area contributed by atoms with Crippen LogP contribution in [-0.2, 0) is 9.53 Å². The number of hydrogen-bond donors (Lipinski definition) is 1. The van der Waals surface area contributed by atoms with Crippen molar-refractivity contribution in [3.63, 3.8) is 0 Å². The van der Waals surface area contributed by atoms with Crippen LogP contribution >= 0.6 is 0 Å². The highest BCUT2D eigenvalue weighted by Gasteiger charge is 2.13. The van der Waals surface area contributed by atoms with Gasteiger partial charge >= 0.3 is 5.97 Å². The van der Waals surface area contributed by atoms with Gasteiger partial charge in [0.2, 0.25) is 0 Å². The number of ether oxygens (including phenoxy) is 1. The second kappa shape index (κ2) is 6.83. The van der Waals surface area contributed by atoms with Gasteiger partial charge in [-0.05, 0) is 39.0 Å². The molecule has 0 saturated heterocycles. The average molecular weight is 215 g/mol. The summed E-state index contributed by atoms with van der Waals surface area (Å²) < 4.78 is 5.09. The van der Waals surface area contributed by atoms with Crippen LogP contribution in [0.3, 0.4) is 0 Å². The number of hydrogen-bond acceptors (Lipinski definition) is 3. The molecule has 3 nitrogen and oxygen atoms in total. The lowest BCUT2D eigenvalue weighted by Crippen LogP contribution is -2.32. The minimum absolute atomic E-state index is 0.128. The molecule has 0 aromatic carbocycles. The van der Waals surface area contributed by atoms with Crippen molar-refractivity contribution in [3.05, 3.63) is 0 Å². The third-order valence-corrected chi connectivity index (χ3v) is 2.16. The van der Waals surface area contributed by atoms with Crippen LogP contribution in [0.15, 0.2) is 0 Å². The van der Waals surface area contributed by atoms with Crippen LogP contribution in [-0.4, -0.2) is 18.1 Å². The fraction of sp³-hybridized carbons (Fsp3) is 0.917. The summed E-state index contributed by atoms with van der Waals surface area (Å²) in [6.07, 6.45) is 3.16. The Bertz CT molecular complexity index is 183. The monoisotopic (exact) mass is 215 g/mol. The van der Waals surface area contributed by atoms with Crippen LogP contribution in [0.5, 0.6) is 0 Å². The van der Waals surface area contributed by atoms with Gasteiger partial charge in [-0.15, -0.1) is 0 Å². The lowest BCUT2D eigenvalue weighted by Gasteiger charge is -2.17. The normalized spacial score (nSPS) is 11.9. The maximum atomic E-state index is 11.3. The van der Waals surface area contributed by atoms with E-state index in [-0.39, 0.29) is 11.5 Å². The van der Waals surface area contributed by atoms with Crippen LogP contribution in [0.4, 0.5) is 0 Å². The minimum atomic E-state index is -0.281. The molecule has 0 unspecified atom stereocenters. The Labute approximate surface area is 93.4 Å². The van der Waals surface area contributed by atoms with E-state index in [0.717, 1.165) is 12.8 Å². The van der Waals surface area contributed by atoms with Gasteiger partial charge in [0.1, 0.15) is 0 Å². The minimum Gasteiger partial charge on any atom is -0.466 e. The van der Waals surface area contributed by atoms with E-state index in [0.29, 0.717) is 25.4 Å². The Morgan fingerprint density at radius 3 is 2.47 bits per heavy atom. The molecule has 0 rings (SSSR count). The smallest absolute Gasteiger partial charge is 0.305 e. The lowest BCUT2D eigenvalue weighted by molar-refractivity contribution is -0.144. The van der Waals surface area contributed by atoms with E-state index in [1.165, 1.54) is 0 Å². The zero-order valence-corrected chi connectivity index (χ0v) is 10.5. The third kappa shape index (κ3) is 11.4. The van der Waals surface area contributed by atoms with E-state index in [2.05, 4.69) is 13.8 Å². The number of carbonyl (C=O) groups is 1. The molecular weight excluding hydrogens is 190 g/mol. The van der Waals surface area contributed by atoms with Gasteiger partial charge in [-0.3, -0.25) is 4.79 Å². The van der Waals surface area contributed by atoms with E-state index in [1.807, 2.05) is 13.8 Å². The van der Waals surface area contributed by atoms with Gasteiger partial charge in [0, 0.05) is 12.0 Å². The summed E-state index contributed by atoms with van der Waals surface area (Å²) in [7, 11) is 0. The van der Waals surface area contributed by atoms with Gasteiger partial charge in [0.15, 0.2) is 0 Å². The first-order chi connectivity index (χ1) is 6.81. The molecule has 0 atom stereocenters. The highest BCUT2D eigenvalue weighted by molar-refractivity contribution is 5.69. The Balaban J connectivity index is 3.42. The second-order valence-corrected chi connectivity index (χ2v) is 5.25. The largest absolute Gasteiger partial charge is 0.466 e. The first-order valence-corrected chi connectivity index (χ1v) is 5.76. The number of esters is 1. The molecule has 0 aromatic heterocycles. The zero-order chi connectivity index (χ0) is 11.9. The van der Waals surface area contributed by atoms with Crippen molar-refractivity contribution in [2.45, 2.75) is 58.9 Å². The van der Waals surface area contributed by atoms with Gasteiger partial charge in [0.25, 0.3) is 0 Å². The molecule has 0 radical (unpaired) electrons. The maximum Gasteiger partial charge on any atom is 0.305 e. The number of rotatable bonds is 7. The summed E-state index contributed by atoms with van der Waals surface area (Å²) in [5, 5.41) is 0. The van der Waals surface area contributed by atoms with Gasteiger partial charge in [0.05, 0.1) is 6.61 Å². The van der Waals surface area contributed by atoms with Gasteiger partial charge in [-0.1, -0.05) is 13.8 Å². The number of carbonyl (C=O) groups excluding carboxylic acids is 1. The van der Waals surface area contributed by atoms with Gasteiger partial charge in [-0.25, -0.2) is 0 Å². The summed E-state index contributed by atoms with van der Waals surface area (Å²) in [6, 6.07) is 0. The molecule has 0 aliphatic rings. The average Bonchev–Trinajstić information content (AvgIpc) is 2.07. The summed E-state index contributed by atoms with van der Waals surface area (Å²) in [4.78, 5) is 11.3. The third-order valence-electron chi connectivity index (χ3n) is 2.16. The van der Waals surface area contributed by atoms with E-state index in [9.17, 15) is 4.79 Å². The van der Waals surface area contributed by atoms with Crippen molar-refractivity contribution < 1.29 is 9.53 Å². The molecule has 15 heavy (non-hydrogen) atoms. The Morgan fingerprint density at radius 1 is 1.40 bits per heavy atom. The SMILES string of the molecule is CC(C)CCCOC(=O)CCC(C)(C)N. The molecule has 3 heteroatoms. The molecule has 0 aliphatic carbocycles. The van der Waals surface area contributed by atoms with E-state index in [4.69, 9.17) is 10.5 Å². The molecule has 0 saturated carbocycles. The number of nitrogens with two attached hydrogens (primary N) is 1. The summed E-state index contributed by atoms with van der Waals surface area (Å²) in [6.45, 7) is 8.71. The molecule has 0 heterocycles. The first-order valence-electron chi connectivity index (χ1n) is 5.76. The maximum absolute atomic E-state index is 11.3. The Hall–Kier alpha value is -0.570. The summed E-state index contributed by atoms with van der Waals surface area (Å²) in [5.74, 6) is 0.545. The first kappa shape index (κ1) is 14.4. The predicted octanol–water partition coefficient (Wildman–Crippen LogP) is 2.48. The topological polar surface area (TPSA) is 52.3 Å². The van der Waals surface area contributed by atoms with Crippen LogP contribution in [0, 0.1) is 5.92 Å². The molecule has 0 amide bonds. The molecule has 0 fully saturated rings. The van der Waals surface area contributed by atoms with Crippen LogP contribution in [0.25, 0.3) is 0 Å². The lowest BCUT2D eigenvalue weighted by atomic mass is 10.0. The molecule has 2 N–H and O–H groups in total. The van der Waals surface area contributed by atoms with Crippen LogP contribution in [0.2, 0.25) is 0 Å². The molecule has 0 spiro atoms. The van der Waals surface area contributed by atoms with E-state index < -0.39 is 0 Å². The van der Waals surface area contributed by atoms with Crippen molar-refractivity contribution in [2.75, 3.05) is 6.61 Å². The van der Waals surface area contributed by atoms with Gasteiger partial charge < -0.3 is 10.5 Å². The standard InChI is InChI=1S/C12H25NO2/c1-10(2)6-5-9-15-11(14)7-8-12(3,4)13/h10H,5-9,13H2,1-4H3. The van der Waals surface area contributed by atoms with Crippen molar-refractivity contribution in [3.8, 4) is 0 Å². The van der Waals surface area contributed by atoms with Crippen LogP contribution < -0.4 is 5.73 Å². The highest BCUT2D eigenvalue weighted by Crippen LogP contribution is 2.08. The van der Waals surface area contributed by atoms with Crippen molar-refractivity contribution in [1.29, 1.82) is 0 Å². The molecular formula is C12H25NO2. The highest BCUT2D eigenvalue weighted by atomic mass is 16.5. The molecule has 0 aromatic rings. The van der Waals surface area contributed by atoms with Crippen molar-refractivity contribution >= 4 is 5.97 Å². The predicted molar refractivity (Wildman–Crippen MR) is 62.5 cm³/mol. The zero-order valence-electron chi connectivity index (χ0n) is 10.5. The van der Waals surface area contributed by atoms with E-state index >= 15 is 0 Å². The summed E-state index contributed by atoms with van der Waals surface area (Å²) >= 11 is 0. The molecule has 90 valence electrons. The Morgan fingerprint density at radius 2 is 2.00 bits per heavy atom. The van der Waals surface area contributed by atoms with Crippen LogP contribution in [0.1, 0.15) is 53.4 Å². The fourth-order valence-corrected chi connectivity index (χ4v) is 1.17. The second-order valence-electron chi connectivity index (χ2n) is 5.25. The molecule has 0 aliphatic heterocycles. The van der Waals surface area contributed by atoms with E-state index in [1.54, 1.807) is 0 Å². The van der Waals surface area contributed by atoms with Gasteiger partial charge in [-0.2, -0.15) is 0 Å². The fourth-order valence-electron chi connectivity index (χ4n) is 1.17. The summed E-state index contributed by atoms with van der Waals surface area (Å²) in [5.41, 5.74) is 5.49. The molecule has 0 bridgehead atoms.